The summed E-state index contributed by atoms with van der Waals surface area (Å²) in [6, 6.07) is 15.1. The van der Waals surface area contributed by atoms with Gasteiger partial charge in [-0.25, -0.2) is 5.43 Å². The van der Waals surface area contributed by atoms with Gasteiger partial charge >= 0.3 is 0 Å². The largest absolute Gasteiger partial charge is 0.497 e. The smallest absolute Gasteiger partial charge is 0.262 e. The predicted molar refractivity (Wildman–Crippen MR) is 102 cm³/mol. The van der Waals surface area contributed by atoms with Gasteiger partial charge in [-0.15, -0.1) is 0 Å². The van der Waals surface area contributed by atoms with Crippen LogP contribution in [0, 0.1) is 0 Å². The van der Waals surface area contributed by atoms with E-state index in [2.05, 4.69) is 41.8 Å². The van der Waals surface area contributed by atoms with Crippen molar-refractivity contribution in [1.82, 2.24) is 5.43 Å². The van der Waals surface area contributed by atoms with Gasteiger partial charge in [0.15, 0.2) is 0 Å². The van der Waals surface area contributed by atoms with Crippen LogP contribution in [0.25, 0.3) is 0 Å². The monoisotopic (exact) mass is 339 g/mol. The Morgan fingerprint density at radius 3 is 2.24 bits per heavy atom. The molecule has 2 aromatic rings. The second-order valence-corrected chi connectivity index (χ2v) is 6.15. The zero-order chi connectivity index (χ0) is 18.2. The average molecular weight is 339 g/mol. The summed E-state index contributed by atoms with van der Waals surface area (Å²) in [5.74, 6) is 1.07. The summed E-state index contributed by atoms with van der Waals surface area (Å²) >= 11 is 0. The van der Waals surface area contributed by atoms with E-state index in [1.165, 1.54) is 5.56 Å². The van der Waals surface area contributed by atoms with Gasteiger partial charge in [-0.2, -0.15) is 5.10 Å². The van der Waals surface area contributed by atoms with E-state index in [4.69, 9.17) is 4.74 Å². The highest BCUT2D eigenvalue weighted by Gasteiger charge is 2.11. The van der Waals surface area contributed by atoms with E-state index >= 15 is 0 Å². The zero-order valence-corrected chi connectivity index (χ0v) is 15.1. The molecule has 132 valence electrons. The number of rotatable bonds is 7. The lowest BCUT2D eigenvalue weighted by atomic mass is 10.0. The van der Waals surface area contributed by atoms with Crippen molar-refractivity contribution in [2.75, 3.05) is 12.4 Å². The summed E-state index contributed by atoms with van der Waals surface area (Å²) in [4.78, 5) is 12.1. The van der Waals surface area contributed by atoms with Gasteiger partial charge in [0, 0.05) is 5.69 Å². The Labute approximate surface area is 149 Å². The Kier molecular flexibility index (Phi) is 6.57. The van der Waals surface area contributed by atoms with Crippen LogP contribution in [0.2, 0.25) is 0 Å². The molecule has 1 unspecified atom stereocenters. The molecule has 0 fully saturated rings. The molecular formula is C20H25N3O2. The summed E-state index contributed by atoms with van der Waals surface area (Å²) in [6.45, 7) is 6.09. The minimum atomic E-state index is -0.408. The molecule has 0 heterocycles. The van der Waals surface area contributed by atoms with Crippen LogP contribution in [0.1, 0.15) is 37.8 Å². The second kappa shape index (κ2) is 8.87. The molecule has 0 aliphatic heterocycles. The Morgan fingerprint density at radius 2 is 1.68 bits per heavy atom. The number of amides is 1. The van der Waals surface area contributed by atoms with Crippen molar-refractivity contribution in [1.29, 1.82) is 0 Å². The van der Waals surface area contributed by atoms with Gasteiger partial charge in [0.05, 0.1) is 13.3 Å². The molecule has 0 bridgehead atoms. The molecule has 0 aliphatic carbocycles. The molecule has 0 aliphatic rings. The third kappa shape index (κ3) is 5.64. The lowest BCUT2D eigenvalue weighted by Gasteiger charge is -2.13. The first-order chi connectivity index (χ1) is 12.0. The second-order valence-electron chi connectivity index (χ2n) is 6.15. The highest BCUT2D eigenvalue weighted by molar-refractivity contribution is 5.86. The van der Waals surface area contributed by atoms with Crippen LogP contribution in [-0.4, -0.2) is 25.3 Å². The number of anilines is 1. The van der Waals surface area contributed by atoms with E-state index in [1.807, 2.05) is 36.4 Å². The number of methoxy groups -OCH3 is 1. The van der Waals surface area contributed by atoms with Crippen molar-refractivity contribution < 1.29 is 9.53 Å². The van der Waals surface area contributed by atoms with Gasteiger partial charge in [-0.05, 0) is 48.2 Å². The zero-order valence-electron chi connectivity index (χ0n) is 15.1. The lowest BCUT2D eigenvalue weighted by molar-refractivity contribution is -0.121. The van der Waals surface area contributed by atoms with E-state index < -0.39 is 6.04 Å². The van der Waals surface area contributed by atoms with Crippen LogP contribution in [0.5, 0.6) is 5.75 Å². The van der Waals surface area contributed by atoms with Crippen molar-refractivity contribution >= 4 is 17.8 Å². The molecule has 0 saturated heterocycles. The van der Waals surface area contributed by atoms with Crippen LogP contribution < -0.4 is 15.5 Å². The highest BCUT2D eigenvalue weighted by Crippen LogP contribution is 2.16. The molecule has 0 spiro atoms. The summed E-state index contributed by atoms with van der Waals surface area (Å²) in [7, 11) is 1.62. The maximum absolute atomic E-state index is 12.1. The van der Waals surface area contributed by atoms with Crippen LogP contribution in [0.4, 0.5) is 5.69 Å². The number of hydrazone groups is 1. The number of nitrogens with zero attached hydrogens (tertiary/aromatic N) is 1. The molecule has 5 nitrogen and oxygen atoms in total. The maximum atomic E-state index is 12.1. The summed E-state index contributed by atoms with van der Waals surface area (Å²) < 4.78 is 5.11. The number of carbonyl (C=O) groups excluding carboxylic acids is 1. The fourth-order valence-corrected chi connectivity index (χ4v) is 2.24. The SMILES string of the molecule is COc1ccc(NC(C)C(=O)NN=Cc2ccc(C(C)C)cc2)cc1. The van der Waals surface area contributed by atoms with Crippen molar-refractivity contribution in [3.05, 3.63) is 59.7 Å². The molecule has 1 amide bonds. The van der Waals surface area contributed by atoms with Crippen LogP contribution in [0.15, 0.2) is 53.6 Å². The molecule has 2 N–H and O–H groups in total. The van der Waals surface area contributed by atoms with Crippen LogP contribution >= 0.6 is 0 Å². The summed E-state index contributed by atoms with van der Waals surface area (Å²) in [5.41, 5.74) is 5.62. The molecule has 2 aromatic carbocycles. The first-order valence-electron chi connectivity index (χ1n) is 8.33. The van der Waals surface area contributed by atoms with E-state index in [0.717, 1.165) is 17.0 Å². The highest BCUT2D eigenvalue weighted by atomic mass is 16.5. The van der Waals surface area contributed by atoms with Crippen molar-refractivity contribution in [3.63, 3.8) is 0 Å². The number of carbonyl (C=O) groups is 1. The third-order valence-electron chi connectivity index (χ3n) is 3.86. The molecule has 2 rings (SSSR count). The van der Waals surface area contributed by atoms with Gasteiger partial charge in [-0.1, -0.05) is 38.1 Å². The fourth-order valence-electron chi connectivity index (χ4n) is 2.24. The van der Waals surface area contributed by atoms with Gasteiger partial charge < -0.3 is 10.1 Å². The molecular weight excluding hydrogens is 314 g/mol. The quantitative estimate of drug-likeness (QED) is 0.596. The lowest BCUT2D eigenvalue weighted by Crippen LogP contribution is -2.34. The Bertz CT molecular complexity index is 707. The minimum Gasteiger partial charge on any atom is -0.497 e. The van der Waals surface area contributed by atoms with Gasteiger partial charge in [0.2, 0.25) is 0 Å². The molecule has 0 aromatic heterocycles. The summed E-state index contributed by atoms with van der Waals surface area (Å²) in [5, 5.41) is 7.14. The topological polar surface area (TPSA) is 62.7 Å². The van der Waals surface area contributed by atoms with Crippen molar-refractivity contribution in [2.24, 2.45) is 5.10 Å². The molecule has 5 heteroatoms. The van der Waals surface area contributed by atoms with E-state index in [1.54, 1.807) is 20.2 Å². The normalized spacial score (nSPS) is 12.2. The van der Waals surface area contributed by atoms with Crippen molar-refractivity contribution in [3.8, 4) is 5.75 Å². The Morgan fingerprint density at radius 1 is 1.04 bits per heavy atom. The number of benzene rings is 2. The fraction of sp³-hybridized carbons (Fsp3) is 0.300. The van der Waals surface area contributed by atoms with Crippen LogP contribution in [0.3, 0.4) is 0 Å². The molecule has 0 radical (unpaired) electrons. The molecule has 0 saturated carbocycles. The molecule has 25 heavy (non-hydrogen) atoms. The van der Waals surface area contributed by atoms with E-state index in [0.29, 0.717) is 5.92 Å². The number of nitrogens with one attached hydrogen (secondary N) is 2. The number of hydrogen-bond acceptors (Lipinski definition) is 4. The standard InChI is InChI=1S/C20H25N3O2/c1-14(2)17-7-5-16(6-8-17)13-21-23-20(24)15(3)22-18-9-11-19(25-4)12-10-18/h5-15,22H,1-4H3,(H,23,24). The third-order valence-corrected chi connectivity index (χ3v) is 3.86. The molecule has 1 atom stereocenters. The van der Waals surface area contributed by atoms with Gasteiger partial charge in [-0.3, -0.25) is 4.79 Å². The van der Waals surface area contributed by atoms with Gasteiger partial charge in [0.25, 0.3) is 5.91 Å². The average Bonchev–Trinajstić information content (AvgIpc) is 2.62. The summed E-state index contributed by atoms with van der Waals surface area (Å²) in [6.07, 6.45) is 1.64. The number of ether oxygens (including phenoxy) is 1. The van der Waals surface area contributed by atoms with E-state index in [-0.39, 0.29) is 5.91 Å². The Balaban J connectivity index is 1.85. The maximum Gasteiger partial charge on any atom is 0.262 e. The minimum absolute atomic E-state index is 0.203. The number of hydrogen-bond donors (Lipinski definition) is 2. The Hall–Kier alpha value is -2.82. The van der Waals surface area contributed by atoms with Gasteiger partial charge in [0.1, 0.15) is 11.8 Å². The van der Waals surface area contributed by atoms with E-state index in [9.17, 15) is 4.79 Å². The first-order valence-corrected chi connectivity index (χ1v) is 8.33. The van der Waals surface area contributed by atoms with Crippen LogP contribution in [-0.2, 0) is 4.79 Å². The first kappa shape index (κ1) is 18.5. The van der Waals surface area contributed by atoms with Crippen molar-refractivity contribution in [2.45, 2.75) is 32.7 Å². The predicted octanol–water partition coefficient (Wildman–Crippen LogP) is 3.77.